The number of methoxy groups -OCH3 is 2. The Labute approximate surface area is 201 Å². The number of carbonyl (C=O) groups is 2. The van der Waals surface area contributed by atoms with Crippen molar-refractivity contribution < 1.29 is 33.6 Å². The zero-order valence-corrected chi connectivity index (χ0v) is 19.4. The molecule has 0 spiro atoms. The van der Waals surface area contributed by atoms with E-state index in [0.29, 0.717) is 34.2 Å². The average molecular weight is 473 g/mol. The van der Waals surface area contributed by atoms with Crippen LogP contribution in [0.25, 0.3) is 5.76 Å². The van der Waals surface area contributed by atoms with E-state index in [9.17, 15) is 14.7 Å². The van der Waals surface area contributed by atoms with Crippen molar-refractivity contribution in [3.05, 3.63) is 82.9 Å². The molecule has 0 radical (unpaired) electrons. The molecule has 1 amide bonds. The first kappa shape index (κ1) is 22.3. The molecule has 2 heterocycles. The summed E-state index contributed by atoms with van der Waals surface area (Å²) in [6.45, 7) is 2.00. The van der Waals surface area contributed by atoms with Gasteiger partial charge in [0.1, 0.15) is 17.3 Å². The second kappa shape index (κ2) is 8.72. The number of aliphatic hydroxyl groups is 1. The summed E-state index contributed by atoms with van der Waals surface area (Å²) < 4.78 is 21.6. The molecule has 8 nitrogen and oxygen atoms in total. The minimum absolute atomic E-state index is 0.0511. The molecule has 1 atom stereocenters. The Morgan fingerprint density at radius 3 is 2.51 bits per heavy atom. The van der Waals surface area contributed by atoms with Gasteiger partial charge in [-0.3, -0.25) is 14.5 Å². The molecule has 0 aromatic heterocycles. The van der Waals surface area contributed by atoms with Crippen LogP contribution >= 0.6 is 0 Å². The van der Waals surface area contributed by atoms with Gasteiger partial charge < -0.3 is 24.1 Å². The lowest BCUT2D eigenvalue weighted by molar-refractivity contribution is -0.132. The van der Waals surface area contributed by atoms with Gasteiger partial charge in [-0.1, -0.05) is 29.8 Å². The highest BCUT2D eigenvalue weighted by molar-refractivity contribution is 6.51. The van der Waals surface area contributed by atoms with E-state index in [1.54, 1.807) is 36.4 Å². The second-order valence-electron chi connectivity index (χ2n) is 8.19. The summed E-state index contributed by atoms with van der Waals surface area (Å²) in [6.07, 6.45) is 0. The van der Waals surface area contributed by atoms with E-state index in [1.165, 1.54) is 19.1 Å². The van der Waals surface area contributed by atoms with E-state index in [0.717, 1.165) is 5.56 Å². The number of hydrogen-bond donors (Lipinski definition) is 1. The number of amides is 1. The van der Waals surface area contributed by atoms with Gasteiger partial charge in [0.05, 0.1) is 31.4 Å². The molecule has 1 saturated heterocycles. The molecule has 8 heteroatoms. The average Bonchev–Trinajstić information content (AvgIpc) is 3.45. The van der Waals surface area contributed by atoms with E-state index in [2.05, 4.69) is 0 Å². The maximum absolute atomic E-state index is 13.4. The lowest BCUT2D eigenvalue weighted by Crippen LogP contribution is -2.29. The number of rotatable bonds is 5. The first-order chi connectivity index (χ1) is 16.9. The van der Waals surface area contributed by atoms with Gasteiger partial charge in [0.15, 0.2) is 11.5 Å². The van der Waals surface area contributed by atoms with Gasteiger partial charge in [0.2, 0.25) is 6.79 Å². The Balaban J connectivity index is 1.74. The summed E-state index contributed by atoms with van der Waals surface area (Å²) in [4.78, 5) is 28.2. The fourth-order valence-corrected chi connectivity index (χ4v) is 4.43. The predicted molar refractivity (Wildman–Crippen MR) is 128 cm³/mol. The van der Waals surface area contributed by atoms with Crippen molar-refractivity contribution in [2.45, 2.75) is 13.0 Å². The van der Waals surface area contributed by atoms with E-state index in [1.807, 2.05) is 31.2 Å². The second-order valence-corrected chi connectivity index (χ2v) is 8.19. The molecule has 35 heavy (non-hydrogen) atoms. The highest BCUT2D eigenvalue weighted by atomic mass is 16.7. The molecule has 0 saturated carbocycles. The number of ether oxygens (including phenoxy) is 4. The third-order valence-electron chi connectivity index (χ3n) is 6.10. The van der Waals surface area contributed by atoms with Crippen molar-refractivity contribution in [3.8, 4) is 23.0 Å². The molecular weight excluding hydrogens is 450 g/mol. The highest BCUT2D eigenvalue weighted by Gasteiger charge is 2.47. The first-order valence-corrected chi connectivity index (χ1v) is 10.9. The molecule has 3 aromatic rings. The van der Waals surface area contributed by atoms with Crippen molar-refractivity contribution in [3.63, 3.8) is 0 Å². The van der Waals surface area contributed by atoms with Crippen LogP contribution in [0.1, 0.15) is 22.7 Å². The van der Waals surface area contributed by atoms with Crippen molar-refractivity contribution in [2.75, 3.05) is 25.9 Å². The van der Waals surface area contributed by atoms with E-state index >= 15 is 0 Å². The van der Waals surface area contributed by atoms with Gasteiger partial charge in [-0.25, -0.2) is 0 Å². The third-order valence-corrected chi connectivity index (χ3v) is 6.10. The highest BCUT2D eigenvalue weighted by Crippen LogP contribution is 2.46. The number of ketones is 1. The molecule has 2 aliphatic rings. The fraction of sp³-hybridized carbons (Fsp3) is 0.185. The van der Waals surface area contributed by atoms with Crippen molar-refractivity contribution in [2.24, 2.45) is 0 Å². The SMILES string of the molecule is COc1ccc(OC)c(/C(O)=C2\C(=O)C(=O)N(c3ccc4c(c3)OCO4)C2c2cccc(C)c2)c1. The number of carbonyl (C=O) groups excluding carboxylic acids is 2. The summed E-state index contributed by atoms with van der Waals surface area (Å²) in [7, 11) is 2.96. The molecule has 2 aliphatic heterocycles. The van der Waals surface area contributed by atoms with Gasteiger partial charge in [0.25, 0.3) is 11.7 Å². The summed E-state index contributed by atoms with van der Waals surface area (Å²) >= 11 is 0. The molecule has 1 N–H and O–H groups in total. The normalized spacial score (nSPS) is 18.1. The maximum Gasteiger partial charge on any atom is 0.300 e. The molecule has 178 valence electrons. The number of nitrogens with zero attached hydrogens (tertiary/aromatic N) is 1. The Morgan fingerprint density at radius 2 is 1.77 bits per heavy atom. The monoisotopic (exact) mass is 473 g/mol. The van der Waals surface area contributed by atoms with Gasteiger partial charge >= 0.3 is 0 Å². The minimum atomic E-state index is -0.883. The predicted octanol–water partition coefficient (Wildman–Crippen LogP) is 4.37. The fourth-order valence-electron chi connectivity index (χ4n) is 4.43. The molecule has 0 aliphatic carbocycles. The third kappa shape index (κ3) is 3.73. The number of aryl methyl sites for hydroxylation is 1. The lowest BCUT2D eigenvalue weighted by atomic mass is 9.94. The quantitative estimate of drug-likeness (QED) is 0.334. The van der Waals surface area contributed by atoms with Crippen molar-refractivity contribution in [1.82, 2.24) is 0 Å². The summed E-state index contributed by atoms with van der Waals surface area (Å²) in [6, 6.07) is 16.5. The minimum Gasteiger partial charge on any atom is -0.507 e. The number of hydrogen-bond acceptors (Lipinski definition) is 7. The number of Topliss-reactive ketones (excluding diaryl/α,β-unsaturated/α-hetero) is 1. The van der Waals surface area contributed by atoms with Gasteiger partial charge in [-0.15, -0.1) is 0 Å². The molecule has 1 fully saturated rings. The Kier molecular flexibility index (Phi) is 5.56. The Hall–Kier alpha value is -4.46. The molecule has 1 unspecified atom stereocenters. The molecular formula is C27H23NO7. The zero-order valence-electron chi connectivity index (χ0n) is 19.4. The Morgan fingerprint density at radius 1 is 0.971 bits per heavy atom. The molecule has 3 aromatic carbocycles. The van der Waals surface area contributed by atoms with Gasteiger partial charge in [-0.2, -0.15) is 0 Å². The summed E-state index contributed by atoms with van der Waals surface area (Å²) in [5.41, 5.74) is 2.25. The lowest BCUT2D eigenvalue weighted by Gasteiger charge is -2.26. The molecule has 5 rings (SSSR count). The summed E-state index contributed by atoms with van der Waals surface area (Å²) in [5.74, 6) is -0.102. The van der Waals surface area contributed by atoms with Crippen molar-refractivity contribution in [1.29, 1.82) is 0 Å². The van der Waals surface area contributed by atoms with Gasteiger partial charge in [0, 0.05) is 11.8 Å². The van der Waals surface area contributed by atoms with Crippen LogP contribution in [0.15, 0.2) is 66.2 Å². The number of aliphatic hydroxyl groups excluding tert-OH is 1. The largest absolute Gasteiger partial charge is 0.507 e. The number of fused-ring (bicyclic) bond motifs is 1. The van der Waals surface area contributed by atoms with E-state index < -0.39 is 17.7 Å². The zero-order chi connectivity index (χ0) is 24.7. The van der Waals surface area contributed by atoms with Crippen LogP contribution in [0.3, 0.4) is 0 Å². The van der Waals surface area contributed by atoms with Crippen LogP contribution in [0.2, 0.25) is 0 Å². The van der Waals surface area contributed by atoms with E-state index in [-0.39, 0.29) is 23.7 Å². The van der Waals surface area contributed by atoms with Crippen LogP contribution < -0.4 is 23.8 Å². The Bertz CT molecular complexity index is 1380. The smallest absolute Gasteiger partial charge is 0.300 e. The van der Waals surface area contributed by atoms with Crippen LogP contribution in [-0.4, -0.2) is 37.8 Å². The maximum atomic E-state index is 13.4. The van der Waals surface area contributed by atoms with Crippen LogP contribution in [-0.2, 0) is 9.59 Å². The summed E-state index contributed by atoms with van der Waals surface area (Å²) in [5, 5.41) is 11.5. The topological polar surface area (TPSA) is 94.5 Å². The molecule has 0 bridgehead atoms. The first-order valence-electron chi connectivity index (χ1n) is 10.9. The number of benzene rings is 3. The van der Waals surface area contributed by atoms with Crippen LogP contribution in [0.4, 0.5) is 5.69 Å². The van der Waals surface area contributed by atoms with Crippen molar-refractivity contribution >= 4 is 23.1 Å². The van der Waals surface area contributed by atoms with Crippen LogP contribution in [0, 0.1) is 6.92 Å². The van der Waals surface area contributed by atoms with Gasteiger partial charge in [-0.05, 0) is 42.8 Å². The number of anilines is 1. The van der Waals surface area contributed by atoms with E-state index in [4.69, 9.17) is 18.9 Å². The standard InChI is InChI=1S/C27H23NO7/c1-15-5-4-6-16(11-15)24-23(25(29)19-13-18(32-2)8-10-20(19)33-3)26(30)27(31)28(24)17-7-9-21-22(12-17)35-14-34-21/h4-13,24,29H,14H2,1-3H3/b25-23+. The van der Waals surface area contributed by atoms with Crippen LogP contribution in [0.5, 0.6) is 23.0 Å².